The molecule has 2 aliphatic carbocycles. The van der Waals surface area contributed by atoms with Crippen molar-refractivity contribution < 1.29 is 9.53 Å². The molecule has 0 radical (unpaired) electrons. The number of carbonyl (C=O) groups excluding carboxylic acids is 1. The summed E-state index contributed by atoms with van der Waals surface area (Å²) in [7, 11) is 0. The highest BCUT2D eigenvalue weighted by Gasteiger charge is 2.30. The fourth-order valence-electron chi connectivity index (χ4n) is 3.94. The van der Waals surface area contributed by atoms with E-state index in [2.05, 4.69) is 13.0 Å². The molecule has 2 aliphatic rings. The summed E-state index contributed by atoms with van der Waals surface area (Å²) in [6.45, 7) is 2.25. The fourth-order valence-corrected chi connectivity index (χ4v) is 3.94. The van der Waals surface area contributed by atoms with E-state index in [1.54, 1.807) is 0 Å². The molecule has 3 nitrogen and oxygen atoms in total. The Kier molecular flexibility index (Phi) is 7.22. The molecule has 0 atom stereocenters. The molecule has 3 heteroatoms. The zero-order chi connectivity index (χ0) is 15.8. The lowest BCUT2D eigenvalue weighted by Crippen LogP contribution is -2.30. The molecule has 0 aromatic rings. The third-order valence-corrected chi connectivity index (χ3v) is 5.54. The minimum absolute atomic E-state index is 0.00539. The van der Waals surface area contributed by atoms with E-state index in [4.69, 9.17) is 10.00 Å². The van der Waals surface area contributed by atoms with Gasteiger partial charge in [0.25, 0.3) is 0 Å². The molecule has 0 heterocycles. The smallest absolute Gasteiger partial charge is 0.309 e. The second kappa shape index (κ2) is 9.18. The summed E-state index contributed by atoms with van der Waals surface area (Å²) in [4.78, 5) is 12.2. The van der Waals surface area contributed by atoms with Gasteiger partial charge in [0.2, 0.25) is 0 Å². The van der Waals surface area contributed by atoms with Crippen LogP contribution >= 0.6 is 0 Å². The Labute approximate surface area is 135 Å². The van der Waals surface area contributed by atoms with E-state index in [0.29, 0.717) is 0 Å². The average molecular weight is 305 g/mol. The van der Waals surface area contributed by atoms with Crippen molar-refractivity contribution in [3.05, 3.63) is 0 Å². The van der Waals surface area contributed by atoms with Gasteiger partial charge >= 0.3 is 5.97 Å². The van der Waals surface area contributed by atoms with Crippen LogP contribution < -0.4 is 0 Å². The first-order valence-electron chi connectivity index (χ1n) is 9.33. The highest BCUT2D eigenvalue weighted by molar-refractivity contribution is 5.72. The van der Waals surface area contributed by atoms with Crippen molar-refractivity contribution >= 4 is 5.97 Å². The standard InChI is InChI=1S/C19H31NO2/c1-2-3-4-5-15-8-12-18(13-9-15)22-19(21)17-10-6-16(14-20)7-11-17/h15-18H,2-13H2,1H3. The largest absolute Gasteiger partial charge is 0.462 e. The maximum atomic E-state index is 12.2. The molecule has 0 aliphatic heterocycles. The second-order valence-corrected chi connectivity index (χ2v) is 7.25. The van der Waals surface area contributed by atoms with Crippen LogP contribution in [-0.2, 0) is 9.53 Å². The Morgan fingerprint density at radius 2 is 1.73 bits per heavy atom. The summed E-state index contributed by atoms with van der Waals surface area (Å²) in [5.74, 6) is 1.06. The SMILES string of the molecule is CCCCCC1CCC(OC(=O)C2CCC(C#N)CC2)CC1. The van der Waals surface area contributed by atoms with E-state index < -0.39 is 0 Å². The molecular weight excluding hydrogens is 274 g/mol. The van der Waals surface area contributed by atoms with Crippen molar-refractivity contribution in [2.45, 2.75) is 90.1 Å². The van der Waals surface area contributed by atoms with Crippen LogP contribution in [0.3, 0.4) is 0 Å². The first-order valence-corrected chi connectivity index (χ1v) is 9.33. The molecule has 2 rings (SSSR count). The lowest BCUT2D eigenvalue weighted by Gasteiger charge is -2.30. The minimum atomic E-state index is 0.00539. The van der Waals surface area contributed by atoms with E-state index >= 15 is 0 Å². The van der Waals surface area contributed by atoms with Gasteiger partial charge in [-0.05, 0) is 57.3 Å². The molecule has 124 valence electrons. The van der Waals surface area contributed by atoms with Crippen molar-refractivity contribution in [1.29, 1.82) is 5.26 Å². The van der Waals surface area contributed by atoms with Gasteiger partial charge in [0.1, 0.15) is 6.10 Å². The molecule has 2 fully saturated rings. The quantitative estimate of drug-likeness (QED) is 0.512. The molecule has 0 saturated heterocycles. The lowest BCUT2D eigenvalue weighted by molar-refractivity contribution is -0.157. The van der Waals surface area contributed by atoms with Gasteiger partial charge < -0.3 is 4.74 Å². The Balaban J connectivity index is 1.63. The molecule has 0 spiro atoms. The maximum Gasteiger partial charge on any atom is 0.309 e. The second-order valence-electron chi connectivity index (χ2n) is 7.25. The Morgan fingerprint density at radius 1 is 1.05 bits per heavy atom. The number of esters is 1. The minimum Gasteiger partial charge on any atom is -0.462 e. The van der Waals surface area contributed by atoms with E-state index in [0.717, 1.165) is 44.4 Å². The van der Waals surface area contributed by atoms with E-state index in [-0.39, 0.29) is 23.9 Å². The van der Waals surface area contributed by atoms with Crippen LogP contribution in [0.15, 0.2) is 0 Å². The van der Waals surface area contributed by atoms with Crippen LogP contribution in [0.25, 0.3) is 0 Å². The predicted octanol–water partition coefficient (Wildman–Crippen LogP) is 5.00. The van der Waals surface area contributed by atoms with Gasteiger partial charge in [-0.2, -0.15) is 5.26 Å². The number of hydrogen-bond donors (Lipinski definition) is 0. The normalized spacial score (nSPS) is 32.2. The van der Waals surface area contributed by atoms with Crippen LogP contribution in [-0.4, -0.2) is 12.1 Å². The van der Waals surface area contributed by atoms with Crippen LogP contribution in [0, 0.1) is 29.1 Å². The average Bonchev–Trinajstić information content (AvgIpc) is 2.57. The van der Waals surface area contributed by atoms with Crippen molar-refractivity contribution in [2.24, 2.45) is 17.8 Å². The lowest BCUT2D eigenvalue weighted by atomic mass is 9.82. The summed E-state index contributed by atoms with van der Waals surface area (Å²) in [5.41, 5.74) is 0. The van der Waals surface area contributed by atoms with Crippen LogP contribution in [0.4, 0.5) is 0 Å². The van der Waals surface area contributed by atoms with E-state index in [9.17, 15) is 4.79 Å². The molecule has 0 aromatic heterocycles. The van der Waals surface area contributed by atoms with Gasteiger partial charge in [0.05, 0.1) is 12.0 Å². The number of rotatable bonds is 6. The zero-order valence-electron chi connectivity index (χ0n) is 14.1. The number of hydrogen-bond acceptors (Lipinski definition) is 3. The molecule has 0 N–H and O–H groups in total. The van der Waals surface area contributed by atoms with Crippen molar-refractivity contribution in [1.82, 2.24) is 0 Å². The Bertz CT molecular complexity index is 371. The summed E-state index contributed by atoms with van der Waals surface area (Å²) in [6.07, 6.45) is 13.5. The molecule has 0 amide bonds. The Hall–Kier alpha value is -1.04. The van der Waals surface area contributed by atoms with Crippen molar-refractivity contribution in [2.75, 3.05) is 0 Å². The Morgan fingerprint density at radius 3 is 2.32 bits per heavy atom. The maximum absolute atomic E-state index is 12.2. The van der Waals surface area contributed by atoms with Gasteiger partial charge in [-0.15, -0.1) is 0 Å². The van der Waals surface area contributed by atoms with E-state index in [1.807, 2.05) is 0 Å². The molecular formula is C19H31NO2. The summed E-state index contributed by atoms with van der Waals surface area (Å²) >= 11 is 0. The molecule has 0 aromatic carbocycles. The topological polar surface area (TPSA) is 50.1 Å². The number of carbonyl (C=O) groups is 1. The van der Waals surface area contributed by atoms with Gasteiger partial charge in [0, 0.05) is 5.92 Å². The zero-order valence-corrected chi connectivity index (χ0v) is 14.1. The summed E-state index contributed by atoms with van der Waals surface area (Å²) < 4.78 is 5.75. The highest BCUT2D eigenvalue weighted by atomic mass is 16.5. The van der Waals surface area contributed by atoms with Crippen molar-refractivity contribution in [3.63, 3.8) is 0 Å². The summed E-state index contributed by atoms with van der Waals surface area (Å²) in [6, 6.07) is 2.32. The summed E-state index contributed by atoms with van der Waals surface area (Å²) in [5, 5.41) is 8.91. The molecule has 22 heavy (non-hydrogen) atoms. The van der Waals surface area contributed by atoms with Gasteiger partial charge in [-0.25, -0.2) is 0 Å². The van der Waals surface area contributed by atoms with Crippen LogP contribution in [0.2, 0.25) is 0 Å². The predicted molar refractivity (Wildman–Crippen MR) is 87.0 cm³/mol. The molecule has 0 bridgehead atoms. The van der Waals surface area contributed by atoms with Gasteiger partial charge in [-0.3, -0.25) is 4.79 Å². The van der Waals surface area contributed by atoms with E-state index in [1.165, 1.54) is 38.5 Å². The monoisotopic (exact) mass is 305 g/mol. The number of ether oxygens (including phenoxy) is 1. The number of nitrogens with zero attached hydrogens (tertiary/aromatic N) is 1. The highest BCUT2D eigenvalue weighted by Crippen LogP contribution is 2.33. The first kappa shape index (κ1) is 17.3. The van der Waals surface area contributed by atoms with Gasteiger partial charge in [0.15, 0.2) is 0 Å². The van der Waals surface area contributed by atoms with Crippen LogP contribution in [0.1, 0.15) is 84.0 Å². The first-order chi connectivity index (χ1) is 10.7. The molecule has 0 unspecified atom stereocenters. The van der Waals surface area contributed by atoms with Crippen molar-refractivity contribution in [3.8, 4) is 6.07 Å². The molecule has 2 saturated carbocycles. The van der Waals surface area contributed by atoms with Crippen LogP contribution in [0.5, 0.6) is 0 Å². The third-order valence-electron chi connectivity index (χ3n) is 5.54. The van der Waals surface area contributed by atoms with Gasteiger partial charge in [-0.1, -0.05) is 32.6 Å². The number of nitriles is 1. The fraction of sp³-hybridized carbons (Fsp3) is 0.895. The third kappa shape index (κ3) is 5.30. The number of unbranched alkanes of at least 4 members (excludes halogenated alkanes) is 2.